The lowest BCUT2D eigenvalue weighted by atomic mass is 9.89. The molecule has 1 aliphatic rings. The number of esters is 1. The minimum absolute atomic E-state index is 0.317. The van der Waals surface area contributed by atoms with Crippen LogP contribution in [0.15, 0.2) is 24.3 Å². The van der Waals surface area contributed by atoms with Gasteiger partial charge in [0, 0.05) is 4.88 Å². The number of ether oxygens (including phenoxy) is 2. The Kier molecular flexibility index (Phi) is 6.49. The molecule has 0 unspecified atom stereocenters. The Morgan fingerprint density at radius 3 is 2.79 bits per heavy atom. The molecule has 152 valence electrons. The van der Waals surface area contributed by atoms with Gasteiger partial charge in [-0.25, -0.2) is 9.18 Å². The third kappa shape index (κ3) is 5.12. The summed E-state index contributed by atoms with van der Waals surface area (Å²) >= 11 is 1.41. The summed E-state index contributed by atoms with van der Waals surface area (Å²) in [5.74, 6) is -0.775. The summed E-state index contributed by atoms with van der Waals surface area (Å²) in [6.07, 6.45) is 1.80. The van der Waals surface area contributed by atoms with Crippen molar-refractivity contribution in [2.24, 2.45) is 5.92 Å². The van der Waals surface area contributed by atoms with E-state index in [2.05, 4.69) is 18.3 Å². The Labute approximate surface area is 172 Å². The molecule has 29 heavy (non-hydrogen) atoms. The highest BCUT2D eigenvalue weighted by Crippen LogP contribution is 2.39. The van der Waals surface area contributed by atoms with E-state index in [0.717, 1.165) is 29.7 Å². The van der Waals surface area contributed by atoms with Crippen molar-refractivity contribution in [1.82, 2.24) is 0 Å². The van der Waals surface area contributed by atoms with E-state index in [9.17, 15) is 19.2 Å². The third-order valence-corrected chi connectivity index (χ3v) is 5.85. The minimum atomic E-state index is -0.960. The van der Waals surface area contributed by atoms with Gasteiger partial charge >= 0.3 is 5.97 Å². The second-order valence-electron chi connectivity index (χ2n) is 7.04. The van der Waals surface area contributed by atoms with Crippen LogP contribution in [0.1, 0.15) is 36.3 Å². The molecule has 8 heteroatoms. The Morgan fingerprint density at radius 1 is 1.38 bits per heavy atom. The largest absolute Gasteiger partial charge is 0.479 e. The molecule has 6 nitrogen and oxygen atoms in total. The number of fused-ring (bicyclic) bond motifs is 1. The zero-order valence-electron chi connectivity index (χ0n) is 16.2. The molecule has 3 rings (SSSR count). The van der Waals surface area contributed by atoms with Gasteiger partial charge < -0.3 is 14.8 Å². The van der Waals surface area contributed by atoms with Crippen LogP contribution in [0.4, 0.5) is 9.39 Å². The maximum Gasteiger partial charge on any atom is 0.347 e. The highest BCUT2D eigenvalue weighted by Gasteiger charge is 2.25. The van der Waals surface area contributed by atoms with Gasteiger partial charge in [-0.05, 0) is 61.9 Å². The molecule has 1 N–H and O–H groups in total. The lowest BCUT2D eigenvalue weighted by Crippen LogP contribution is -2.29. The Hall–Kier alpha value is -2.92. The van der Waals surface area contributed by atoms with Crippen molar-refractivity contribution in [2.45, 2.75) is 39.2 Å². The van der Waals surface area contributed by atoms with E-state index in [1.54, 1.807) is 0 Å². The summed E-state index contributed by atoms with van der Waals surface area (Å²) in [6.45, 7) is 3.16. The van der Waals surface area contributed by atoms with Crippen LogP contribution in [0, 0.1) is 23.1 Å². The van der Waals surface area contributed by atoms with Crippen LogP contribution in [0.2, 0.25) is 0 Å². The molecule has 0 radical (unpaired) electrons. The van der Waals surface area contributed by atoms with Crippen molar-refractivity contribution >= 4 is 28.2 Å². The molecular formula is C21H21FN2O4S. The van der Waals surface area contributed by atoms with Gasteiger partial charge in [0.25, 0.3) is 5.91 Å². The number of benzene rings is 1. The number of rotatable bonds is 6. The number of hydrogen-bond donors (Lipinski definition) is 1. The van der Waals surface area contributed by atoms with Crippen LogP contribution in [-0.4, -0.2) is 24.6 Å². The van der Waals surface area contributed by atoms with E-state index in [-0.39, 0.29) is 0 Å². The lowest BCUT2D eigenvalue weighted by molar-refractivity contribution is -0.153. The van der Waals surface area contributed by atoms with Gasteiger partial charge in [0.05, 0.1) is 5.56 Å². The number of anilines is 1. The second kappa shape index (κ2) is 9.05. The van der Waals surface area contributed by atoms with E-state index < -0.39 is 30.4 Å². The maximum absolute atomic E-state index is 12.9. The zero-order valence-corrected chi connectivity index (χ0v) is 17.0. The monoisotopic (exact) mass is 416 g/mol. The maximum atomic E-state index is 12.9. The predicted molar refractivity (Wildman–Crippen MR) is 106 cm³/mol. The molecule has 0 fully saturated rings. The Morgan fingerprint density at radius 2 is 2.10 bits per heavy atom. The average molecular weight is 416 g/mol. The van der Waals surface area contributed by atoms with E-state index in [4.69, 9.17) is 9.47 Å². The smallest absolute Gasteiger partial charge is 0.347 e. The quantitative estimate of drug-likeness (QED) is 0.723. The summed E-state index contributed by atoms with van der Waals surface area (Å²) in [7, 11) is 0. The molecule has 0 spiro atoms. The summed E-state index contributed by atoms with van der Waals surface area (Å²) in [4.78, 5) is 25.4. The number of nitriles is 1. The van der Waals surface area contributed by atoms with E-state index in [0.29, 0.717) is 22.2 Å². The number of thiophene rings is 1. The first-order valence-corrected chi connectivity index (χ1v) is 10.1. The molecule has 1 aliphatic carbocycles. The van der Waals surface area contributed by atoms with Crippen molar-refractivity contribution in [2.75, 3.05) is 11.9 Å². The second-order valence-corrected chi connectivity index (χ2v) is 8.14. The first kappa shape index (κ1) is 20.8. The number of nitrogens with one attached hydrogen (secondary N) is 1. The number of hydrogen-bond acceptors (Lipinski definition) is 6. The van der Waals surface area contributed by atoms with Gasteiger partial charge in [0.2, 0.25) is 0 Å². The number of carbonyl (C=O) groups excluding carboxylic acids is 2. The summed E-state index contributed by atoms with van der Waals surface area (Å²) in [5, 5.41) is 12.7. The SMILES string of the molecule is C[C@@H]1CCc2c(sc(NC(=O)COC(=O)[C@H](C)Oc3ccc(F)cc3)c2C#N)C1. The Balaban J connectivity index is 1.54. The van der Waals surface area contributed by atoms with Crippen molar-refractivity contribution < 1.29 is 23.5 Å². The first-order chi connectivity index (χ1) is 13.9. The molecule has 2 atom stereocenters. The van der Waals surface area contributed by atoms with Gasteiger partial charge in [-0.2, -0.15) is 5.26 Å². The molecule has 0 aliphatic heterocycles. The number of amides is 1. The molecule has 1 aromatic carbocycles. The minimum Gasteiger partial charge on any atom is -0.479 e. The van der Waals surface area contributed by atoms with Crippen molar-refractivity contribution in [3.8, 4) is 11.8 Å². The lowest BCUT2D eigenvalue weighted by Gasteiger charge is -2.17. The van der Waals surface area contributed by atoms with Gasteiger partial charge in [0.1, 0.15) is 22.6 Å². The highest BCUT2D eigenvalue weighted by molar-refractivity contribution is 7.16. The Bertz CT molecular complexity index is 949. The van der Waals surface area contributed by atoms with Crippen LogP contribution in [0.25, 0.3) is 0 Å². The predicted octanol–water partition coefficient (Wildman–Crippen LogP) is 3.83. The number of nitrogens with zero attached hydrogens (tertiary/aromatic N) is 1. The molecule has 0 bridgehead atoms. The van der Waals surface area contributed by atoms with Gasteiger partial charge in [-0.15, -0.1) is 11.3 Å². The summed E-state index contributed by atoms with van der Waals surface area (Å²) < 4.78 is 23.3. The molecule has 1 aromatic heterocycles. The van der Waals surface area contributed by atoms with E-state index in [1.807, 2.05) is 0 Å². The topological polar surface area (TPSA) is 88.4 Å². The van der Waals surface area contributed by atoms with Crippen LogP contribution >= 0.6 is 11.3 Å². The van der Waals surface area contributed by atoms with Crippen LogP contribution in [0.5, 0.6) is 5.75 Å². The van der Waals surface area contributed by atoms with E-state index >= 15 is 0 Å². The first-order valence-electron chi connectivity index (χ1n) is 9.30. The zero-order chi connectivity index (χ0) is 21.0. The van der Waals surface area contributed by atoms with Gasteiger partial charge in [-0.1, -0.05) is 6.92 Å². The standard InChI is InChI=1S/C21H21FN2O4S/c1-12-3-8-16-17(10-23)20(29-18(16)9-12)24-19(25)11-27-21(26)13(2)28-15-6-4-14(22)5-7-15/h4-7,12-13H,3,8-9,11H2,1-2H3,(H,24,25)/t12-,13+/m1/s1. The molecular weight excluding hydrogens is 395 g/mol. The van der Waals surface area contributed by atoms with Crippen LogP contribution in [-0.2, 0) is 27.2 Å². The summed E-state index contributed by atoms with van der Waals surface area (Å²) in [6, 6.07) is 7.41. The molecule has 0 saturated carbocycles. The molecule has 1 heterocycles. The fourth-order valence-corrected chi connectivity index (χ4v) is 4.52. The van der Waals surface area contributed by atoms with Gasteiger partial charge in [0.15, 0.2) is 12.7 Å². The number of carbonyl (C=O) groups is 2. The van der Waals surface area contributed by atoms with Crippen molar-refractivity contribution in [1.29, 1.82) is 5.26 Å². The van der Waals surface area contributed by atoms with Crippen molar-refractivity contribution in [3.05, 3.63) is 46.1 Å². The third-order valence-electron chi connectivity index (χ3n) is 4.68. The highest BCUT2D eigenvalue weighted by atomic mass is 32.1. The van der Waals surface area contributed by atoms with Crippen molar-refractivity contribution in [3.63, 3.8) is 0 Å². The fraction of sp³-hybridized carbons (Fsp3) is 0.381. The fourth-order valence-electron chi connectivity index (χ4n) is 3.14. The van der Waals surface area contributed by atoms with Gasteiger partial charge in [-0.3, -0.25) is 4.79 Å². The molecule has 1 amide bonds. The molecule has 2 aromatic rings. The van der Waals surface area contributed by atoms with Crippen LogP contribution < -0.4 is 10.1 Å². The average Bonchev–Trinajstić information content (AvgIpc) is 3.03. The van der Waals surface area contributed by atoms with Crippen LogP contribution in [0.3, 0.4) is 0 Å². The van der Waals surface area contributed by atoms with E-state index in [1.165, 1.54) is 42.5 Å². The normalized spacial score (nSPS) is 16.3. The number of halogens is 1. The summed E-state index contributed by atoms with van der Waals surface area (Å²) in [5.41, 5.74) is 1.52. The molecule has 0 saturated heterocycles.